The predicted octanol–water partition coefficient (Wildman–Crippen LogP) is 0.673. The lowest BCUT2D eigenvalue weighted by atomic mass is 10.0. The van der Waals surface area contributed by atoms with E-state index in [1.54, 1.807) is 24.3 Å². The molecule has 102 valence electrons. The van der Waals surface area contributed by atoms with Crippen molar-refractivity contribution in [1.82, 2.24) is 5.32 Å². The highest BCUT2D eigenvalue weighted by molar-refractivity contribution is 5.72. The van der Waals surface area contributed by atoms with E-state index in [1.165, 1.54) is 6.92 Å². The van der Waals surface area contributed by atoms with E-state index in [-0.39, 0.29) is 12.3 Å². The largest absolute Gasteiger partial charge is 0.390 e. The number of hydrogen-bond acceptors (Lipinski definition) is 4. The minimum Gasteiger partial charge on any atom is -0.390 e. The second kappa shape index (κ2) is 7.52. The summed E-state index contributed by atoms with van der Waals surface area (Å²) >= 11 is 0. The standard InChI is InChI=1S/C14H18N2O3/c1-10(17)16-9-7-13(18)14(19)12-4-2-11(3-5-12)6-8-15/h2-5,13-14,18-19H,6-7,9H2,1H3,(H,16,17). The quantitative estimate of drug-likeness (QED) is 0.702. The van der Waals surface area contributed by atoms with Crippen molar-refractivity contribution in [2.45, 2.75) is 32.0 Å². The van der Waals surface area contributed by atoms with Crippen LogP contribution >= 0.6 is 0 Å². The monoisotopic (exact) mass is 262 g/mol. The van der Waals surface area contributed by atoms with Gasteiger partial charge in [0.1, 0.15) is 6.10 Å². The minimum absolute atomic E-state index is 0.164. The number of aliphatic hydroxyl groups is 2. The summed E-state index contributed by atoms with van der Waals surface area (Å²) in [6.07, 6.45) is -1.33. The van der Waals surface area contributed by atoms with Crippen LogP contribution in [0.2, 0.25) is 0 Å². The minimum atomic E-state index is -0.995. The maximum absolute atomic E-state index is 10.7. The van der Waals surface area contributed by atoms with E-state index in [1.807, 2.05) is 6.07 Å². The zero-order valence-electron chi connectivity index (χ0n) is 10.8. The first-order chi connectivity index (χ1) is 9.04. The molecular weight excluding hydrogens is 244 g/mol. The summed E-state index contributed by atoms with van der Waals surface area (Å²) in [5.74, 6) is -0.164. The van der Waals surface area contributed by atoms with Crippen LogP contribution in [-0.4, -0.2) is 28.8 Å². The van der Waals surface area contributed by atoms with Gasteiger partial charge in [0.25, 0.3) is 0 Å². The number of amides is 1. The maximum Gasteiger partial charge on any atom is 0.216 e. The number of carbonyl (C=O) groups is 1. The molecule has 0 radical (unpaired) electrons. The molecule has 3 N–H and O–H groups in total. The van der Waals surface area contributed by atoms with Crippen LogP contribution in [0.1, 0.15) is 30.6 Å². The third-order valence-electron chi connectivity index (χ3n) is 2.78. The Balaban J connectivity index is 2.53. The van der Waals surface area contributed by atoms with E-state index in [9.17, 15) is 15.0 Å². The number of rotatable bonds is 6. The van der Waals surface area contributed by atoms with Crippen molar-refractivity contribution in [3.8, 4) is 6.07 Å². The lowest BCUT2D eigenvalue weighted by molar-refractivity contribution is -0.119. The molecule has 0 saturated heterocycles. The number of benzene rings is 1. The summed E-state index contributed by atoms with van der Waals surface area (Å²) in [4.78, 5) is 10.7. The van der Waals surface area contributed by atoms with Gasteiger partial charge in [-0.05, 0) is 17.5 Å². The molecule has 2 unspecified atom stereocenters. The lowest BCUT2D eigenvalue weighted by Gasteiger charge is -2.18. The summed E-state index contributed by atoms with van der Waals surface area (Å²) in [5.41, 5.74) is 1.46. The fourth-order valence-corrected chi connectivity index (χ4v) is 1.70. The van der Waals surface area contributed by atoms with Crippen LogP contribution in [0.15, 0.2) is 24.3 Å². The van der Waals surface area contributed by atoms with Gasteiger partial charge in [-0.1, -0.05) is 24.3 Å². The van der Waals surface area contributed by atoms with Crippen LogP contribution in [0.5, 0.6) is 0 Å². The second-order valence-electron chi connectivity index (χ2n) is 4.36. The smallest absolute Gasteiger partial charge is 0.216 e. The number of nitrogens with zero attached hydrogens (tertiary/aromatic N) is 1. The van der Waals surface area contributed by atoms with Crippen LogP contribution in [0.25, 0.3) is 0 Å². The number of nitrogens with one attached hydrogen (secondary N) is 1. The van der Waals surface area contributed by atoms with Gasteiger partial charge in [0.15, 0.2) is 0 Å². The van der Waals surface area contributed by atoms with E-state index < -0.39 is 12.2 Å². The molecule has 1 amide bonds. The fraction of sp³-hybridized carbons (Fsp3) is 0.429. The van der Waals surface area contributed by atoms with Gasteiger partial charge in [-0.2, -0.15) is 5.26 Å². The van der Waals surface area contributed by atoms with Gasteiger partial charge in [0, 0.05) is 13.5 Å². The predicted molar refractivity (Wildman–Crippen MR) is 70.0 cm³/mol. The SMILES string of the molecule is CC(=O)NCCC(O)C(O)c1ccc(CC#N)cc1. The Hall–Kier alpha value is -1.90. The summed E-state index contributed by atoms with van der Waals surface area (Å²) in [6.45, 7) is 1.72. The molecule has 0 aliphatic heterocycles. The van der Waals surface area contributed by atoms with E-state index in [4.69, 9.17) is 5.26 Å². The molecule has 1 aromatic carbocycles. The van der Waals surface area contributed by atoms with Crippen molar-refractivity contribution in [3.63, 3.8) is 0 Å². The van der Waals surface area contributed by atoms with Gasteiger partial charge in [-0.15, -0.1) is 0 Å². The fourth-order valence-electron chi connectivity index (χ4n) is 1.70. The van der Waals surface area contributed by atoms with Crippen molar-refractivity contribution in [2.24, 2.45) is 0 Å². The Morgan fingerprint density at radius 2 is 2.00 bits per heavy atom. The first-order valence-electron chi connectivity index (χ1n) is 6.11. The van der Waals surface area contributed by atoms with Gasteiger partial charge in [-0.3, -0.25) is 4.79 Å². The first kappa shape index (κ1) is 15.2. The van der Waals surface area contributed by atoms with E-state index in [0.717, 1.165) is 5.56 Å². The van der Waals surface area contributed by atoms with E-state index >= 15 is 0 Å². The highest BCUT2D eigenvalue weighted by Crippen LogP contribution is 2.19. The highest BCUT2D eigenvalue weighted by atomic mass is 16.3. The molecule has 5 nitrogen and oxygen atoms in total. The van der Waals surface area contributed by atoms with Crippen LogP contribution < -0.4 is 5.32 Å². The molecule has 0 aromatic heterocycles. The third kappa shape index (κ3) is 5.08. The Morgan fingerprint density at radius 1 is 1.37 bits per heavy atom. The van der Waals surface area contributed by atoms with Crippen molar-refractivity contribution in [2.75, 3.05) is 6.54 Å². The van der Waals surface area contributed by atoms with Crippen LogP contribution in [0.3, 0.4) is 0 Å². The Labute approximate surface area is 112 Å². The van der Waals surface area contributed by atoms with Crippen molar-refractivity contribution < 1.29 is 15.0 Å². The Kier molecular flexibility index (Phi) is 6.00. The molecule has 1 rings (SSSR count). The molecule has 0 saturated carbocycles. The van der Waals surface area contributed by atoms with Crippen molar-refractivity contribution in [3.05, 3.63) is 35.4 Å². The summed E-state index contributed by atoms with van der Waals surface area (Å²) < 4.78 is 0. The van der Waals surface area contributed by atoms with E-state index in [2.05, 4.69) is 5.32 Å². The maximum atomic E-state index is 10.7. The number of nitriles is 1. The lowest BCUT2D eigenvalue weighted by Crippen LogP contribution is -2.27. The van der Waals surface area contributed by atoms with Gasteiger partial charge in [-0.25, -0.2) is 0 Å². The average molecular weight is 262 g/mol. The Morgan fingerprint density at radius 3 is 2.53 bits per heavy atom. The van der Waals surface area contributed by atoms with Crippen molar-refractivity contribution >= 4 is 5.91 Å². The molecule has 1 aromatic rings. The number of hydrogen-bond donors (Lipinski definition) is 3. The molecule has 0 spiro atoms. The molecule has 19 heavy (non-hydrogen) atoms. The molecule has 0 heterocycles. The van der Waals surface area contributed by atoms with Gasteiger partial charge in [0.05, 0.1) is 18.6 Å². The summed E-state index contributed by atoms with van der Waals surface area (Å²) in [5, 5.41) is 30.9. The normalized spacial score (nSPS) is 13.4. The summed E-state index contributed by atoms with van der Waals surface area (Å²) in [7, 11) is 0. The summed E-state index contributed by atoms with van der Waals surface area (Å²) in [6, 6.07) is 8.93. The third-order valence-corrected chi connectivity index (χ3v) is 2.78. The highest BCUT2D eigenvalue weighted by Gasteiger charge is 2.17. The zero-order valence-corrected chi connectivity index (χ0v) is 10.8. The van der Waals surface area contributed by atoms with Crippen LogP contribution in [-0.2, 0) is 11.2 Å². The van der Waals surface area contributed by atoms with Crippen molar-refractivity contribution in [1.29, 1.82) is 5.26 Å². The molecule has 0 bridgehead atoms. The molecule has 0 fully saturated rings. The first-order valence-corrected chi connectivity index (χ1v) is 6.11. The molecule has 2 atom stereocenters. The van der Waals surface area contributed by atoms with Crippen LogP contribution in [0.4, 0.5) is 0 Å². The molecule has 0 aliphatic carbocycles. The van der Waals surface area contributed by atoms with Gasteiger partial charge in [0.2, 0.25) is 5.91 Å². The second-order valence-corrected chi connectivity index (χ2v) is 4.36. The molecule has 0 aliphatic rings. The zero-order chi connectivity index (χ0) is 14.3. The van der Waals surface area contributed by atoms with Gasteiger partial charge >= 0.3 is 0 Å². The van der Waals surface area contributed by atoms with Crippen LogP contribution in [0, 0.1) is 11.3 Å². The molecule has 5 heteroatoms. The Bertz CT molecular complexity index is 451. The number of aliphatic hydroxyl groups excluding tert-OH is 2. The van der Waals surface area contributed by atoms with Gasteiger partial charge < -0.3 is 15.5 Å². The van der Waals surface area contributed by atoms with E-state index in [0.29, 0.717) is 18.5 Å². The topological polar surface area (TPSA) is 93.3 Å². The number of carbonyl (C=O) groups excluding carboxylic acids is 1. The molecular formula is C14H18N2O3. The average Bonchev–Trinajstić information content (AvgIpc) is 2.38.